The predicted octanol–water partition coefficient (Wildman–Crippen LogP) is 10.2. The molecule has 0 N–H and O–H groups in total. The molecule has 0 unspecified atom stereocenters. The van der Waals surface area contributed by atoms with Crippen LogP contribution in [-0.4, -0.2) is 19.1 Å². The van der Waals surface area contributed by atoms with Gasteiger partial charge < -0.3 is 8.98 Å². The third kappa shape index (κ3) is 3.38. The van der Waals surface area contributed by atoms with Crippen LogP contribution >= 0.6 is 0 Å². The second kappa shape index (κ2) is 9.15. The highest BCUT2D eigenvalue weighted by molar-refractivity contribution is 6.24. The number of aromatic nitrogens is 4. The maximum Gasteiger partial charge on any atom is 0.197 e. The first-order valence-corrected chi connectivity index (χ1v) is 15.1. The van der Waals surface area contributed by atoms with Crippen LogP contribution in [0.1, 0.15) is 0 Å². The van der Waals surface area contributed by atoms with E-state index in [1.165, 1.54) is 10.8 Å². The number of furan rings is 1. The van der Waals surface area contributed by atoms with Gasteiger partial charge in [-0.3, -0.25) is 4.57 Å². The lowest BCUT2D eigenvalue weighted by Gasteiger charge is -2.12. The highest BCUT2D eigenvalue weighted by atomic mass is 16.3. The largest absolute Gasteiger partial charge is 0.450 e. The van der Waals surface area contributed by atoms with E-state index in [1.54, 1.807) is 6.33 Å². The van der Waals surface area contributed by atoms with Crippen molar-refractivity contribution in [2.75, 3.05) is 0 Å². The number of benzene rings is 6. The van der Waals surface area contributed by atoms with E-state index in [-0.39, 0.29) is 0 Å². The molecular weight excluding hydrogens is 552 g/mol. The van der Waals surface area contributed by atoms with Gasteiger partial charge in [-0.25, -0.2) is 9.97 Å². The number of para-hydroxylation sites is 3. The smallest absolute Gasteiger partial charge is 0.197 e. The summed E-state index contributed by atoms with van der Waals surface area (Å²) >= 11 is 0. The van der Waals surface area contributed by atoms with Crippen LogP contribution in [0.25, 0.3) is 88.3 Å². The maximum absolute atomic E-state index is 6.70. The lowest BCUT2D eigenvalue weighted by atomic mass is 10.0. The third-order valence-corrected chi connectivity index (χ3v) is 9.04. The first-order valence-electron chi connectivity index (χ1n) is 15.1. The molecule has 10 aromatic rings. The molecule has 0 radical (unpaired) electrons. The first kappa shape index (κ1) is 24.3. The minimum Gasteiger partial charge on any atom is -0.450 e. The molecule has 210 valence electrons. The van der Waals surface area contributed by atoms with Gasteiger partial charge >= 0.3 is 0 Å². The quantitative estimate of drug-likeness (QED) is 0.210. The van der Waals surface area contributed by atoms with Gasteiger partial charge in [-0.2, -0.15) is 0 Å². The Morgan fingerprint density at radius 1 is 0.467 bits per heavy atom. The van der Waals surface area contributed by atoms with E-state index in [0.29, 0.717) is 5.58 Å². The first-order chi connectivity index (χ1) is 22.3. The third-order valence-electron chi connectivity index (χ3n) is 9.04. The van der Waals surface area contributed by atoms with Crippen LogP contribution in [-0.2, 0) is 0 Å². The van der Waals surface area contributed by atoms with Gasteiger partial charge in [-0.15, -0.1) is 0 Å². The van der Waals surface area contributed by atoms with Crippen molar-refractivity contribution in [3.05, 3.63) is 146 Å². The minimum absolute atomic E-state index is 0.666. The number of fused-ring (bicyclic) bond motifs is 10. The molecule has 0 aliphatic heterocycles. The number of hydrogen-bond donors (Lipinski definition) is 0. The van der Waals surface area contributed by atoms with Crippen molar-refractivity contribution in [2.24, 2.45) is 0 Å². The molecule has 0 fully saturated rings. The zero-order chi connectivity index (χ0) is 29.5. The van der Waals surface area contributed by atoms with Gasteiger partial charge in [0.1, 0.15) is 17.4 Å². The van der Waals surface area contributed by atoms with Crippen LogP contribution in [0.3, 0.4) is 0 Å². The van der Waals surface area contributed by atoms with Crippen molar-refractivity contribution in [3.8, 4) is 22.6 Å². The van der Waals surface area contributed by atoms with Gasteiger partial charge in [0.15, 0.2) is 11.4 Å². The summed E-state index contributed by atoms with van der Waals surface area (Å²) in [6.07, 6.45) is 1.66. The van der Waals surface area contributed by atoms with Crippen LogP contribution in [0.5, 0.6) is 0 Å². The second-order valence-corrected chi connectivity index (χ2v) is 11.5. The normalized spacial score (nSPS) is 12.0. The highest BCUT2D eigenvalue weighted by Crippen LogP contribution is 2.43. The molecule has 0 saturated heterocycles. The molecular formula is C40H24N4O. The van der Waals surface area contributed by atoms with Crippen LogP contribution in [0, 0.1) is 0 Å². The van der Waals surface area contributed by atoms with Crippen molar-refractivity contribution >= 4 is 65.7 Å². The maximum atomic E-state index is 6.70. The van der Waals surface area contributed by atoms with Crippen LogP contribution in [0.4, 0.5) is 0 Å². The van der Waals surface area contributed by atoms with Crippen molar-refractivity contribution in [2.45, 2.75) is 0 Å². The summed E-state index contributed by atoms with van der Waals surface area (Å²) in [5.74, 6) is 0.723. The van der Waals surface area contributed by atoms with Crippen LogP contribution < -0.4 is 0 Å². The Balaban J connectivity index is 1.37. The van der Waals surface area contributed by atoms with Gasteiger partial charge in [0, 0.05) is 32.6 Å². The second-order valence-electron chi connectivity index (χ2n) is 11.5. The summed E-state index contributed by atoms with van der Waals surface area (Å²) in [5, 5.41) is 5.69. The van der Waals surface area contributed by atoms with E-state index < -0.39 is 0 Å². The molecule has 4 heterocycles. The fraction of sp³-hybridized carbons (Fsp3) is 0. The van der Waals surface area contributed by atoms with Gasteiger partial charge in [0.05, 0.1) is 22.1 Å². The Morgan fingerprint density at radius 3 is 1.80 bits per heavy atom. The van der Waals surface area contributed by atoms with Crippen molar-refractivity contribution in [1.82, 2.24) is 19.1 Å². The Kier molecular flexibility index (Phi) is 4.93. The summed E-state index contributed by atoms with van der Waals surface area (Å²) < 4.78 is 11.4. The number of hydrogen-bond acceptors (Lipinski definition) is 3. The predicted molar refractivity (Wildman–Crippen MR) is 183 cm³/mol. The fourth-order valence-corrected chi connectivity index (χ4v) is 7.10. The molecule has 0 saturated carbocycles. The van der Waals surface area contributed by atoms with E-state index in [9.17, 15) is 0 Å². The highest BCUT2D eigenvalue weighted by Gasteiger charge is 2.24. The summed E-state index contributed by atoms with van der Waals surface area (Å²) in [6.45, 7) is 0. The van der Waals surface area contributed by atoms with Crippen molar-refractivity contribution < 1.29 is 4.42 Å². The molecule has 5 nitrogen and oxygen atoms in total. The summed E-state index contributed by atoms with van der Waals surface area (Å²) in [6, 6.07) is 49.0. The topological polar surface area (TPSA) is 48.8 Å². The van der Waals surface area contributed by atoms with E-state index in [2.05, 4.69) is 143 Å². The van der Waals surface area contributed by atoms with Gasteiger partial charge in [0.25, 0.3) is 0 Å². The number of nitrogens with zero attached hydrogens (tertiary/aromatic N) is 4. The van der Waals surface area contributed by atoms with E-state index in [0.717, 1.165) is 72.0 Å². The van der Waals surface area contributed by atoms with Gasteiger partial charge in [0.2, 0.25) is 0 Å². The monoisotopic (exact) mass is 576 g/mol. The summed E-state index contributed by atoms with van der Waals surface area (Å²) in [4.78, 5) is 9.68. The fourth-order valence-electron chi connectivity index (χ4n) is 7.10. The Labute approximate surface area is 257 Å². The Morgan fingerprint density at radius 2 is 1.07 bits per heavy atom. The molecule has 6 aromatic carbocycles. The molecule has 0 aliphatic carbocycles. The molecule has 5 heteroatoms. The van der Waals surface area contributed by atoms with Gasteiger partial charge in [-0.1, -0.05) is 103 Å². The lowest BCUT2D eigenvalue weighted by molar-refractivity contribution is 0.662. The molecule has 10 rings (SSSR count). The van der Waals surface area contributed by atoms with Gasteiger partial charge in [-0.05, 0) is 47.5 Å². The SMILES string of the molecule is c1ccc(-c2ccc3c(c2)oc2c(-n4c5ccccc5c5ccc6c7ccccc7n(-c7ccccc7)c6c54)ncnc23)cc1. The average molecular weight is 577 g/mol. The molecule has 0 spiro atoms. The molecule has 45 heavy (non-hydrogen) atoms. The van der Waals surface area contributed by atoms with E-state index in [4.69, 9.17) is 14.4 Å². The van der Waals surface area contributed by atoms with Crippen molar-refractivity contribution in [3.63, 3.8) is 0 Å². The summed E-state index contributed by atoms with van der Waals surface area (Å²) in [5.41, 5.74) is 10.0. The molecule has 4 aromatic heterocycles. The number of rotatable bonds is 3. The molecule has 0 atom stereocenters. The minimum atomic E-state index is 0.666. The van der Waals surface area contributed by atoms with Crippen LogP contribution in [0.15, 0.2) is 150 Å². The lowest BCUT2D eigenvalue weighted by Crippen LogP contribution is -2.01. The zero-order valence-corrected chi connectivity index (χ0v) is 24.1. The zero-order valence-electron chi connectivity index (χ0n) is 24.1. The Hall–Kier alpha value is -6.20. The molecule has 0 aliphatic rings. The average Bonchev–Trinajstić information content (AvgIpc) is 3.76. The van der Waals surface area contributed by atoms with Crippen molar-refractivity contribution in [1.29, 1.82) is 0 Å². The summed E-state index contributed by atoms with van der Waals surface area (Å²) in [7, 11) is 0. The van der Waals surface area contributed by atoms with E-state index in [1.807, 2.05) is 6.07 Å². The molecule has 0 amide bonds. The van der Waals surface area contributed by atoms with Crippen LogP contribution in [0.2, 0.25) is 0 Å². The standard InChI is InChI=1S/C40H24N4O/c1-3-11-25(12-4-1)26-19-20-32-35(23-26)45-39-36(32)41-24-42-40(39)44-34-18-10-8-16-29(34)31-22-21-30-28-15-7-9-17-33(28)43(37(30)38(31)44)27-13-5-2-6-14-27/h1-24H. The molecule has 0 bridgehead atoms. The Bertz CT molecular complexity index is 2750. The van der Waals surface area contributed by atoms with E-state index >= 15 is 0 Å².